The van der Waals surface area contributed by atoms with E-state index in [2.05, 4.69) is 10.1 Å². The van der Waals surface area contributed by atoms with Crippen molar-refractivity contribution in [3.05, 3.63) is 11.7 Å². The van der Waals surface area contributed by atoms with Crippen LogP contribution in [-0.2, 0) is 10.2 Å². The third-order valence-electron chi connectivity index (χ3n) is 1.89. The zero-order valence-electron chi connectivity index (χ0n) is 9.07. The minimum atomic E-state index is -0.307. The van der Waals surface area contributed by atoms with Gasteiger partial charge in [0.1, 0.15) is 6.10 Å². The standard InChI is InChI=1S/C9H17N3O2/c1-9(2,3)8-11-7(14-12-8)6(5-10)13-4/h6H,5,10H2,1-4H3. The number of ether oxygens (including phenoxy) is 1. The summed E-state index contributed by atoms with van der Waals surface area (Å²) in [5.41, 5.74) is 5.36. The maximum absolute atomic E-state index is 5.48. The zero-order valence-corrected chi connectivity index (χ0v) is 9.07. The molecule has 2 N–H and O–H groups in total. The highest BCUT2D eigenvalue weighted by Gasteiger charge is 2.23. The third kappa shape index (κ3) is 2.30. The van der Waals surface area contributed by atoms with Gasteiger partial charge in [-0.15, -0.1) is 0 Å². The maximum Gasteiger partial charge on any atom is 0.257 e. The van der Waals surface area contributed by atoms with Crippen LogP contribution in [0.4, 0.5) is 0 Å². The van der Waals surface area contributed by atoms with E-state index >= 15 is 0 Å². The summed E-state index contributed by atoms with van der Waals surface area (Å²) in [6.07, 6.45) is -0.307. The van der Waals surface area contributed by atoms with Crippen LogP contribution in [0.15, 0.2) is 4.52 Å². The number of methoxy groups -OCH3 is 1. The lowest BCUT2D eigenvalue weighted by Gasteiger charge is -2.11. The lowest BCUT2D eigenvalue weighted by molar-refractivity contribution is 0.0803. The summed E-state index contributed by atoms with van der Waals surface area (Å²) >= 11 is 0. The van der Waals surface area contributed by atoms with Gasteiger partial charge < -0.3 is 15.0 Å². The van der Waals surface area contributed by atoms with Crippen molar-refractivity contribution < 1.29 is 9.26 Å². The number of hydrogen-bond donors (Lipinski definition) is 1. The summed E-state index contributed by atoms with van der Waals surface area (Å²) in [7, 11) is 1.57. The minimum Gasteiger partial charge on any atom is -0.370 e. The van der Waals surface area contributed by atoms with Gasteiger partial charge in [0.25, 0.3) is 5.89 Å². The molecule has 0 aliphatic carbocycles. The Morgan fingerprint density at radius 3 is 2.50 bits per heavy atom. The predicted octanol–water partition coefficient (Wildman–Crippen LogP) is 1.01. The summed E-state index contributed by atoms with van der Waals surface area (Å²) in [6, 6.07) is 0. The molecule has 80 valence electrons. The van der Waals surface area contributed by atoms with Gasteiger partial charge in [-0.25, -0.2) is 0 Å². The fraction of sp³-hybridized carbons (Fsp3) is 0.778. The number of nitrogens with zero attached hydrogens (tertiary/aromatic N) is 2. The van der Waals surface area contributed by atoms with Gasteiger partial charge in [0, 0.05) is 19.1 Å². The molecule has 0 amide bonds. The molecule has 0 radical (unpaired) electrons. The van der Waals surface area contributed by atoms with Gasteiger partial charge in [0.15, 0.2) is 5.82 Å². The van der Waals surface area contributed by atoms with Gasteiger partial charge in [-0.3, -0.25) is 0 Å². The zero-order chi connectivity index (χ0) is 10.8. The molecule has 0 aromatic carbocycles. The molecule has 1 aromatic rings. The largest absolute Gasteiger partial charge is 0.370 e. The first-order valence-corrected chi connectivity index (χ1v) is 4.56. The third-order valence-corrected chi connectivity index (χ3v) is 1.89. The van der Waals surface area contributed by atoms with Crippen LogP contribution in [0.25, 0.3) is 0 Å². The quantitative estimate of drug-likeness (QED) is 0.786. The second kappa shape index (κ2) is 4.06. The summed E-state index contributed by atoms with van der Waals surface area (Å²) in [5, 5.41) is 3.88. The monoisotopic (exact) mass is 199 g/mol. The van der Waals surface area contributed by atoms with Crippen molar-refractivity contribution in [1.29, 1.82) is 0 Å². The molecule has 0 bridgehead atoms. The molecule has 0 aliphatic rings. The predicted molar refractivity (Wildman–Crippen MR) is 51.8 cm³/mol. The minimum absolute atomic E-state index is 0.116. The van der Waals surface area contributed by atoms with Gasteiger partial charge in [0.05, 0.1) is 0 Å². The Labute approximate surface area is 83.6 Å². The normalized spacial score (nSPS) is 14.4. The Bertz CT molecular complexity index is 286. The summed E-state index contributed by atoms with van der Waals surface area (Å²) in [5.74, 6) is 1.11. The molecule has 14 heavy (non-hydrogen) atoms. The fourth-order valence-electron chi connectivity index (χ4n) is 0.968. The highest BCUT2D eigenvalue weighted by Crippen LogP contribution is 2.21. The second-order valence-electron chi connectivity index (χ2n) is 4.17. The van der Waals surface area contributed by atoms with E-state index < -0.39 is 0 Å². The van der Waals surface area contributed by atoms with Gasteiger partial charge in [-0.1, -0.05) is 25.9 Å². The average molecular weight is 199 g/mol. The number of hydrogen-bond acceptors (Lipinski definition) is 5. The van der Waals surface area contributed by atoms with Crippen LogP contribution >= 0.6 is 0 Å². The summed E-state index contributed by atoms with van der Waals surface area (Å²) in [6.45, 7) is 6.39. The average Bonchev–Trinajstić information content (AvgIpc) is 2.54. The molecule has 1 rings (SSSR count). The van der Waals surface area contributed by atoms with Crippen molar-refractivity contribution in [3.63, 3.8) is 0 Å². The molecule has 1 unspecified atom stereocenters. The molecule has 0 fully saturated rings. The van der Waals surface area contributed by atoms with Crippen LogP contribution in [-0.4, -0.2) is 23.8 Å². The molecular formula is C9H17N3O2. The Hall–Kier alpha value is -0.940. The van der Waals surface area contributed by atoms with Crippen molar-refractivity contribution >= 4 is 0 Å². The first-order chi connectivity index (χ1) is 6.49. The van der Waals surface area contributed by atoms with Crippen LogP contribution in [0.3, 0.4) is 0 Å². The molecule has 1 aromatic heterocycles. The molecule has 1 atom stereocenters. The van der Waals surface area contributed by atoms with E-state index in [1.807, 2.05) is 20.8 Å². The van der Waals surface area contributed by atoms with E-state index in [1.165, 1.54) is 0 Å². The first-order valence-electron chi connectivity index (χ1n) is 4.56. The topological polar surface area (TPSA) is 74.2 Å². The first kappa shape index (κ1) is 11.1. The Morgan fingerprint density at radius 1 is 1.50 bits per heavy atom. The number of aromatic nitrogens is 2. The van der Waals surface area contributed by atoms with Crippen molar-refractivity contribution in [3.8, 4) is 0 Å². The number of rotatable bonds is 3. The SMILES string of the molecule is COC(CN)c1nc(C(C)(C)C)no1. The van der Waals surface area contributed by atoms with E-state index in [4.69, 9.17) is 15.0 Å². The van der Waals surface area contributed by atoms with E-state index in [0.717, 1.165) is 0 Å². The van der Waals surface area contributed by atoms with Gasteiger partial charge in [-0.2, -0.15) is 4.98 Å². The Balaban J connectivity index is 2.87. The molecule has 5 nitrogen and oxygen atoms in total. The lowest BCUT2D eigenvalue weighted by atomic mass is 9.96. The van der Waals surface area contributed by atoms with Gasteiger partial charge in [0.2, 0.25) is 0 Å². The summed E-state index contributed by atoms with van der Waals surface area (Å²) < 4.78 is 10.2. The maximum atomic E-state index is 5.48. The highest BCUT2D eigenvalue weighted by atomic mass is 16.5. The fourth-order valence-corrected chi connectivity index (χ4v) is 0.968. The van der Waals surface area contributed by atoms with Gasteiger partial charge in [-0.05, 0) is 0 Å². The molecular weight excluding hydrogens is 182 g/mol. The Kier molecular flexibility index (Phi) is 3.23. The molecule has 0 aliphatic heterocycles. The Morgan fingerprint density at radius 2 is 2.14 bits per heavy atom. The molecule has 5 heteroatoms. The van der Waals surface area contributed by atoms with E-state index in [-0.39, 0.29) is 11.5 Å². The molecule has 0 saturated carbocycles. The van der Waals surface area contributed by atoms with Crippen LogP contribution in [0.5, 0.6) is 0 Å². The van der Waals surface area contributed by atoms with Crippen LogP contribution in [0.1, 0.15) is 38.6 Å². The lowest BCUT2D eigenvalue weighted by Crippen LogP contribution is -2.16. The van der Waals surface area contributed by atoms with Crippen molar-refractivity contribution in [2.75, 3.05) is 13.7 Å². The van der Waals surface area contributed by atoms with Crippen LogP contribution in [0, 0.1) is 0 Å². The van der Waals surface area contributed by atoms with Crippen molar-refractivity contribution in [1.82, 2.24) is 10.1 Å². The summed E-state index contributed by atoms with van der Waals surface area (Å²) in [4.78, 5) is 4.24. The van der Waals surface area contributed by atoms with Crippen LogP contribution < -0.4 is 5.73 Å². The van der Waals surface area contributed by atoms with Crippen LogP contribution in [0.2, 0.25) is 0 Å². The second-order valence-corrected chi connectivity index (χ2v) is 4.17. The van der Waals surface area contributed by atoms with E-state index in [0.29, 0.717) is 18.3 Å². The molecule has 0 saturated heterocycles. The highest BCUT2D eigenvalue weighted by molar-refractivity contribution is 5.01. The number of nitrogens with two attached hydrogens (primary N) is 1. The molecule has 1 heterocycles. The van der Waals surface area contributed by atoms with Crippen molar-refractivity contribution in [2.45, 2.75) is 32.3 Å². The van der Waals surface area contributed by atoms with Gasteiger partial charge >= 0.3 is 0 Å². The van der Waals surface area contributed by atoms with E-state index in [1.54, 1.807) is 7.11 Å². The molecule has 0 spiro atoms. The van der Waals surface area contributed by atoms with Crippen molar-refractivity contribution in [2.24, 2.45) is 5.73 Å². The smallest absolute Gasteiger partial charge is 0.257 e. The van der Waals surface area contributed by atoms with E-state index in [9.17, 15) is 0 Å².